The minimum absolute atomic E-state index is 0.213. The van der Waals surface area contributed by atoms with Gasteiger partial charge in [-0.05, 0) is 36.4 Å². The number of carbonyl (C=O) groups is 1. The normalized spacial score (nSPS) is 10.3. The highest BCUT2D eigenvalue weighted by molar-refractivity contribution is 5.89. The molecule has 2 aromatic carbocycles. The number of ether oxygens (including phenoxy) is 2. The standard InChI is InChI=1S/C18H17N3O4/c1-23-18(22)13-7-9-14(10-8-13)19-11-16-20-21-17(25-16)12-24-15-5-3-2-4-6-15/h2-10,19H,11-12H2,1H3. The molecular formula is C18H17N3O4. The minimum atomic E-state index is -0.369. The van der Waals surface area contributed by atoms with Gasteiger partial charge in [-0.25, -0.2) is 4.79 Å². The first kappa shape index (κ1) is 16.5. The van der Waals surface area contributed by atoms with Gasteiger partial charge in [-0.1, -0.05) is 18.2 Å². The lowest BCUT2D eigenvalue weighted by atomic mass is 10.2. The number of anilines is 1. The first-order valence-corrected chi connectivity index (χ1v) is 7.66. The second-order valence-electron chi connectivity index (χ2n) is 5.11. The van der Waals surface area contributed by atoms with Crippen molar-refractivity contribution in [2.75, 3.05) is 12.4 Å². The summed E-state index contributed by atoms with van der Waals surface area (Å²) in [4.78, 5) is 11.4. The number of carbonyl (C=O) groups excluding carboxylic acids is 1. The second kappa shape index (κ2) is 7.96. The predicted molar refractivity (Wildman–Crippen MR) is 90.2 cm³/mol. The number of benzene rings is 2. The Bertz CT molecular complexity index is 816. The van der Waals surface area contributed by atoms with Crippen LogP contribution in [0.25, 0.3) is 0 Å². The van der Waals surface area contributed by atoms with Gasteiger partial charge >= 0.3 is 5.97 Å². The number of nitrogens with zero attached hydrogens (tertiary/aromatic N) is 2. The lowest BCUT2D eigenvalue weighted by Crippen LogP contribution is -2.03. The molecule has 128 valence electrons. The number of rotatable bonds is 7. The third-order valence-electron chi connectivity index (χ3n) is 3.36. The van der Waals surface area contributed by atoms with E-state index in [4.69, 9.17) is 9.15 Å². The molecule has 3 rings (SSSR count). The first-order valence-electron chi connectivity index (χ1n) is 7.66. The Kier molecular flexibility index (Phi) is 5.26. The Morgan fingerprint density at radius 3 is 2.48 bits per heavy atom. The molecule has 0 atom stereocenters. The molecule has 7 nitrogen and oxygen atoms in total. The Morgan fingerprint density at radius 2 is 1.76 bits per heavy atom. The van der Waals surface area contributed by atoms with Crippen LogP contribution in [0.4, 0.5) is 5.69 Å². The summed E-state index contributed by atoms with van der Waals surface area (Å²) in [5.41, 5.74) is 1.32. The summed E-state index contributed by atoms with van der Waals surface area (Å²) in [6, 6.07) is 16.3. The van der Waals surface area contributed by atoms with Gasteiger partial charge in [0.15, 0.2) is 6.61 Å². The molecule has 0 fully saturated rings. The summed E-state index contributed by atoms with van der Waals surface area (Å²) in [6.45, 7) is 0.584. The molecule has 0 amide bonds. The van der Waals surface area contributed by atoms with E-state index in [1.807, 2.05) is 30.3 Å². The zero-order valence-corrected chi connectivity index (χ0v) is 13.6. The van der Waals surface area contributed by atoms with E-state index in [0.717, 1.165) is 11.4 Å². The molecule has 0 radical (unpaired) electrons. The number of para-hydroxylation sites is 1. The third kappa shape index (κ3) is 4.57. The molecule has 25 heavy (non-hydrogen) atoms. The molecule has 0 bridgehead atoms. The summed E-state index contributed by atoms with van der Waals surface area (Å²) in [7, 11) is 1.35. The molecular weight excluding hydrogens is 322 g/mol. The van der Waals surface area contributed by atoms with E-state index in [1.165, 1.54) is 7.11 Å². The molecule has 0 aliphatic rings. The quantitative estimate of drug-likeness (QED) is 0.662. The summed E-state index contributed by atoms with van der Waals surface area (Å²) < 4.78 is 15.7. The monoisotopic (exact) mass is 339 g/mol. The van der Waals surface area contributed by atoms with Crippen LogP contribution in [0.2, 0.25) is 0 Å². The largest absolute Gasteiger partial charge is 0.484 e. The number of aromatic nitrogens is 2. The van der Waals surface area contributed by atoms with E-state index < -0.39 is 0 Å². The minimum Gasteiger partial charge on any atom is -0.484 e. The van der Waals surface area contributed by atoms with Crippen molar-refractivity contribution in [3.63, 3.8) is 0 Å². The summed E-state index contributed by atoms with van der Waals surface area (Å²) in [6.07, 6.45) is 0. The van der Waals surface area contributed by atoms with Crippen LogP contribution < -0.4 is 10.1 Å². The highest BCUT2D eigenvalue weighted by atomic mass is 16.5. The number of methoxy groups -OCH3 is 1. The maximum Gasteiger partial charge on any atom is 0.337 e. The van der Waals surface area contributed by atoms with Crippen molar-refractivity contribution in [3.8, 4) is 5.75 Å². The zero-order chi connectivity index (χ0) is 17.5. The predicted octanol–water partition coefficient (Wildman–Crippen LogP) is 3.05. The van der Waals surface area contributed by atoms with Crippen LogP contribution in [0.5, 0.6) is 5.75 Å². The topological polar surface area (TPSA) is 86.5 Å². The highest BCUT2D eigenvalue weighted by Gasteiger charge is 2.08. The second-order valence-corrected chi connectivity index (χ2v) is 5.11. The van der Waals surface area contributed by atoms with Gasteiger partial charge in [0.25, 0.3) is 5.89 Å². The molecule has 7 heteroatoms. The Hall–Kier alpha value is -3.35. The van der Waals surface area contributed by atoms with Crippen LogP contribution >= 0.6 is 0 Å². The van der Waals surface area contributed by atoms with Gasteiger partial charge in [-0.2, -0.15) is 0 Å². The smallest absolute Gasteiger partial charge is 0.337 e. The van der Waals surface area contributed by atoms with Crippen molar-refractivity contribution >= 4 is 11.7 Å². The molecule has 1 heterocycles. The summed E-state index contributed by atoms with van der Waals surface area (Å²) >= 11 is 0. The molecule has 0 spiro atoms. The summed E-state index contributed by atoms with van der Waals surface area (Å²) in [5, 5.41) is 11.1. The van der Waals surface area contributed by atoms with Gasteiger partial charge in [0.05, 0.1) is 19.2 Å². The lowest BCUT2D eigenvalue weighted by Gasteiger charge is -2.04. The number of hydrogen-bond donors (Lipinski definition) is 1. The van der Waals surface area contributed by atoms with Crippen LogP contribution in [-0.2, 0) is 17.9 Å². The van der Waals surface area contributed by atoms with E-state index in [1.54, 1.807) is 24.3 Å². The molecule has 1 N–H and O–H groups in total. The first-order chi connectivity index (χ1) is 12.2. The lowest BCUT2D eigenvalue weighted by molar-refractivity contribution is 0.0601. The molecule has 0 saturated carbocycles. The van der Waals surface area contributed by atoms with Crippen molar-refractivity contribution in [2.24, 2.45) is 0 Å². The van der Waals surface area contributed by atoms with Gasteiger partial charge in [-0.3, -0.25) is 0 Å². The molecule has 0 saturated heterocycles. The maximum atomic E-state index is 11.4. The van der Waals surface area contributed by atoms with Crippen LogP contribution in [0.15, 0.2) is 59.0 Å². The van der Waals surface area contributed by atoms with Crippen molar-refractivity contribution in [2.45, 2.75) is 13.2 Å². The molecule has 1 aromatic heterocycles. The number of hydrogen-bond acceptors (Lipinski definition) is 7. The fraction of sp³-hybridized carbons (Fsp3) is 0.167. The van der Waals surface area contributed by atoms with E-state index in [9.17, 15) is 4.79 Å². The Labute approximate surface area is 144 Å². The highest BCUT2D eigenvalue weighted by Crippen LogP contribution is 2.13. The number of nitrogens with one attached hydrogen (secondary N) is 1. The van der Waals surface area contributed by atoms with Crippen molar-refractivity contribution in [3.05, 3.63) is 71.9 Å². The maximum absolute atomic E-state index is 11.4. The van der Waals surface area contributed by atoms with Crippen LogP contribution in [-0.4, -0.2) is 23.3 Å². The average Bonchev–Trinajstić information content (AvgIpc) is 3.13. The van der Waals surface area contributed by atoms with Crippen molar-refractivity contribution in [1.82, 2.24) is 10.2 Å². The molecule has 0 aliphatic carbocycles. The molecule has 0 unspecified atom stereocenters. The van der Waals surface area contributed by atoms with Gasteiger partial charge in [0.1, 0.15) is 5.75 Å². The summed E-state index contributed by atoms with van der Waals surface area (Å²) in [5.74, 6) is 1.22. The zero-order valence-electron chi connectivity index (χ0n) is 13.6. The van der Waals surface area contributed by atoms with Gasteiger partial charge in [0.2, 0.25) is 5.89 Å². The van der Waals surface area contributed by atoms with E-state index in [2.05, 4.69) is 20.3 Å². The van der Waals surface area contributed by atoms with E-state index in [-0.39, 0.29) is 12.6 Å². The third-order valence-corrected chi connectivity index (χ3v) is 3.36. The molecule has 3 aromatic rings. The van der Waals surface area contributed by atoms with E-state index >= 15 is 0 Å². The SMILES string of the molecule is COC(=O)c1ccc(NCc2nnc(COc3ccccc3)o2)cc1. The Morgan fingerprint density at radius 1 is 1.04 bits per heavy atom. The fourth-order valence-corrected chi connectivity index (χ4v) is 2.10. The van der Waals surface area contributed by atoms with Crippen LogP contribution in [0.3, 0.4) is 0 Å². The van der Waals surface area contributed by atoms with Crippen LogP contribution in [0.1, 0.15) is 22.1 Å². The van der Waals surface area contributed by atoms with Crippen molar-refractivity contribution in [1.29, 1.82) is 0 Å². The fourth-order valence-electron chi connectivity index (χ4n) is 2.10. The van der Waals surface area contributed by atoms with Crippen LogP contribution in [0, 0.1) is 0 Å². The van der Waals surface area contributed by atoms with Gasteiger partial charge in [0, 0.05) is 5.69 Å². The van der Waals surface area contributed by atoms with E-state index in [0.29, 0.717) is 23.9 Å². The number of esters is 1. The average molecular weight is 339 g/mol. The Balaban J connectivity index is 1.50. The van der Waals surface area contributed by atoms with Crippen molar-refractivity contribution < 1.29 is 18.7 Å². The van der Waals surface area contributed by atoms with Gasteiger partial charge in [-0.15, -0.1) is 10.2 Å². The van der Waals surface area contributed by atoms with Gasteiger partial charge < -0.3 is 19.2 Å². The molecule has 0 aliphatic heterocycles.